The minimum atomic E-state index is -0.334. The van der Waals surface area contributed by atoms with E-state index in [1.54, 1.807) is 13.1 Å². The SMILES string of the molecule is CCc1noc(C)c1C(=O)NC(c1ccccc1)c1ccccn1. The molecule has 1 amide bonds. The fourth-order valence-corrected chi connectivity index (χ4v) is 2.67. The van der Waals surface area contributed by atoms with Gasteiger partial charge >= 0.3 is 0 Å². The van der Waals surface area contributed by atoms with E-state index in [2.05, 4.69) is 15.5 Å². The van der Waals surface area contributed by atoms with Gasteiger partial charge in [0.2, 0.25) is 0 Å². The Balaban J connectivity index is 1.95. The first kappa shape index (κ1) is 15.9. The summed E-state index contributed by atoms with van der Waals surface area (Å²) < 4.78 is 5.17. The van der Waals surface area contributed by atoms with Gasteiger partial charge in [0.25, 0.3) is 5.91 Å². The Morgan fingerprint density at radius 2 is 1.92 bits per heavy atom. The first-order chi connectivity index (χ1) is 11.7. The summed E-state index contributed by atoms with van der Waals surface area (Å²) in [6.07, 6.45) is 2.36. The Morgan fingerprint density at radius 3 is 2.58 bits per heavy atom. The number of benzene rings is 1. The van der Waals surface area contributed by atoms with E-state index in [0.717, 1.165) is 11.3 Å². The van der Waals surface area contributed by atoms with E-state index in [0.29, 0.717) is 23.4 Å². The maximum absolute atomic E-state index is 12.8. The largest absolute Gasteiger partial charge is 0.361 e. The Bertz CT molecular complexity index is 774. The number of hydrogen-bond acceptors (Lipinski definition) is 4. The zero-order chi connectivity index (χ0) is 16.9. The lowest BCUT2D eigenvalue weighted by Gasteiger charge is -2.19. The van der Waals surface area contributed by atoms with Crippen molar-refractivity contribution in [1.82, 2.24) is 15.5 Å². The van der Waals surface area contributed by atoms with Crippen molar-refractivity contribution in [2.24, 2.45) is 0 Å². The maximum Gasteiger partial charge on any atom is 0.257 e. The number of carbonyl (C=O) groups is 1. The second-order valence-electron chi connectivity index (χ2n) is 5.49. The maximum atomic E-state index is 12.8. The topological polar surface area (TPSA) is 68.0 Å². The normalized spacial score (nSPS) is 11.9. The fraction of sp³-hybridized carbons (Fsp3) is 0.211. The summed E-state index contributed by atoms with van der Waals surface area (Å²) in [5.74, 6) is 0.322. The summed E-state index contributed by atoms with van der Waals surface area (Å²) in [5.41, 5.74) is 2.92. The van der Waals surface area contributed by atoms with Gasteiger partial charge in [-0.3, -0.25) is 9.78 Å². The zero-order valence-electron chi connectivity index (χ0n) is 13.7. The lowest BCUT2D eigenvalue weighted by atomic mass is 10.0. The lowest BCUT2D eigenvalue weighted by Crippen LogP contribution is -2.30. The van der Waals surface area contributed by atoms with Gasteiger partial charge < -0.3 is 9.84 Å². The minimum absolute atomic E-state index is 0.204. The second-order valence-corrected chi connectivity index (χ2v) is 5.49. The molecular weight excluding hydrogens is 302 g/mol. The van der Waals surface area contributed by atoms with Crippen LogP contribution in [-0.4, -0.2) is 16.0 Å². The van der Waals surface area contributed by atoms with Gasteiger partial charge in [-0.25, -0.2) is 0 Å². The summed E-state index contributed by atoms with van der Waals surface area (Å²) in [5, 5.41) is 7.02. The van der Waals surface area contributed by atoms with Crippen LogP contribution in [0, 0.1) is 6.92 Å². The molecule has 1 aromatic carbocycles. The van der Waals surface area contributed by atoms with Crippen LogP contribution in [0.5, 0.6) is 0 Å². The van der Waals surface area contributed by atoms with E-state index in [4.69, 9.17) is 4.52 Å². The molecule has 0 saturated carbocycles. The third-order valence-electron chi connectivity index (χ3n) is 3.89. The molecule has 24 heavy (non-hydrogen) atoms. The number of pyridine rings is 1. The van der Waals surface area contributed by atoms with Crippen LogP contribution in [0.1, 0.15) is 46.0 Å². The standard InChI is InChI=1S/C19H19N3O2/c1-3-15-17(13(2)24-22-15)19(23)21-18(14-9-5-4-6-10-14)16-11-7-8-12-20-16/h4-12,18H,3H2,1-2H3,(H,21,23). The van der Waals surface area contributed by atoms with Crippen LogP contribution in [0.25, 0.3) is 0 Å². The quantitative estimate of drug-likeness (QED) is 0.781. The molecule has 0 bridgehead atoms. The smallest absolute Gasteiger partial charge is 0.257 e. The third kappa shape index (κ3) is 3.20. The fourth-order valence-electron chi connectivity index (χ4n) is 2.67. The van der Waals surface area contributed by atoms with Gasteiger partial charge in [0.1, 0.15) is 11.3 Å². The molecule has 5 nitrogen and oxygen atoms in total. The van der Waals surface area contributed by atoms with Crippen LogP contribution in [0.2, 0.25) is 0 Å². The first-order valence-corrected chi connectivity index (χ1v) is 7.92. The van der Waals surface area contributed by atoms with Crippen molar-refractivity contribution in [3.63, 3.8) is 0 Å². The first-order valence-electron chi connectivity index (χ1n) is 7.92. The Morgan fingerprint density at radius 1 is 1.17 bits per heavy atom. The molecule has 0 saturated heterocycles. The predicted molar refractivity (Wildman–Crippen MR) is 90.6 cm³/mol. The van der Waals surface area contributed by atoms with Crippen molar-refractivity contribution in [3.8, 4) is 0 Å². The van der Waals surface area contributed by atoms with Crippen molar-refractivity contribution in [1.29, 1.82) is 0 Å². The number of carbonyl (C=O) groups excluding carboxylic acids is 1. The molecule has 1 unspecified atom stereocenters. The highest BCUT2D eigenvalue weighted by molar-refractivity contribution is 5.96. The molecule has 0 fully saturated rings. The van der Waals surface area contributed by atoms with Gasteiger partial charge in [-0.15, -0.1) is 0 Å². The second kappa shape index (κ2) is 7.08. The van der Waals surface area contributed by atoms with Gasteiger partial charge in [-0.1, -0.05) is 48.5 Å². The number of hydrogen-bond donors (Lipinski definition) is 1. The summed E-state index contributed by atoms with van der Waals surface area (Å²) in [6.45, 7) is 3.70. The Kier molecular flexibility index (Phi) is 4.70. The van der Waals surface area contributed by atoms with Crippen molar-refractivity contribution in [2.45, 2.75) is 26.3 Å². The number of aryl methyl sites for hydroxylation is 2. The minimum Gasteiger partial charge on any atom is -0.361 e. The Hall–Kier alpha value is -2.95. The van der Waals surface area contributed by atoms with Crippen LogP contribution in [0.15, 0.2) is 59.3 Å². The van der Waals surface area contributed by atoms with E-state index in [1.807, 2.05) is 55.5 Å². The highest BCUT2D eigenvalue weighted by Gasteiger charge is 2.24. The molecule has 0 aliphatic heterocycles. The molecule has 2 aromatic heterocycles. The van der Waals surface area contributed by atoms with Crippen LogP contribution in [-0.2, 0) is 6.42 Å². The highest BCUT2D eigenvalue weighted by atomic mass is 16.5. The van der Waals surface area contributed by atoms with Crippen molar-refractivity contribution in [2.75, 3.05) is 0 Å². The average Bonchev–Trinajstić information content (AvgIpc) is 3.02. The van der Waals surface area contributed by atoms with E-state index in [-0.39, 0.29) is 11.9 Å². The van der Waals surface area contributed by atoms with Crippen molar-refractivity contribution in [3.05, 3.63) is 83.0 Å². The summed E-state index contributed by atoms with van der Waals surface area (Å²) in [4.78, 5) is 17.2. The molecule has 2 heterocycles. The predicted octanol–water partition coefficient (Wildman–Crippen LogP) is 3.46. The summed E-state index contributed by atoms with van der Waals surface area (Å²) >= 11 is 0. The average molecular weight is 321 g/mol. The molecule has 1 N–H and O–H groups in total. The van der Waals surface area contributed by atoms with E-state index < -0.39 is 0 Å². The van der Waals surface area contributed by atoms with Crippen LogP contribution >= 0.6 is 0 Å². The van der Waals surface area contributed by atoms with E-state index in [1.165, 1.54) is 0 Å². The van der Waals surface area contributed by atoms with Gasteiger partial charge in [-0.2, -0.15) is 0 Å². The summed E-state index contributed by atoms with van der Waals surface area (Å²) in [7, 11) is 0. The molecule has 3 rings (SSSR count). The van der Waals surface area contributed by atoms with Crippen LogP contribution in [0.3, 0.4) is 0 Å². The van der Waals surface area contributed by atoms with Crippen LogP contribution in [0.4, 0.5) is 0 Å². The van der Waals surface area contributed by atoms with Crippen molar-refractivity contribution >= 4 is 5.91 Å². The molecule has 122 valence electrons. The van der Waals surface area contributed by atoms with Gasteiger partial charge in [0.15, 0.2) is 0 Å². The molecule has 0 radical (unpaired) electrons. The molecular formula is C19H19N3O2. The number of rotatable bonds is 5. The van der Waals surface area contributed by atoms with Crippen molar-refractivity contribution < 1.29 is 9.32 Å². The lowest BCUT2D eigenvalue weighted by molar-refractivity contribution is 0.0940. The number of aromatic nitrogens is 2. The highest BCUT2D eigenvalue weighted by Crippen LogP contribution is 2.22. The van der Waals surface area contributed by atoms with Crippen LogP contribution < -0.4 is 5.32 Å². The van der Waals surface area contributed by atoms with Gasteiger partial charge in [0, 0.05) is 6.20 Å². The monoisotopic (exact) mass is 321 g/mol. The van der Waals surface area contributed by atoms with Gasteiger partial charge in [-0.05, 0) is 31.0 Å². The molecule has 3 aromatic rings. The number of amides is 1. The van der Waals surface area contributed by atoms with E-state index in [9.17, 15) is 4.79 Å². The Labute approximate surface area is 140 Å². The summed E-state index contributed by atoms with van der Waals surface area (Å²) in [6, 6.07) is 15.1. The van der Waals surface area contributed by atoms with E-state index >= 15 is 0 Å². The molecule has 5 heteroatoms. The zero-order valence-corrected chi connectivity index (χ0v) is 13.7. The third-order valence-corrected chi connectivity index (χ3v) is 3.89. The molecule has 0 aliphatic rings. The molecule has 1 atom stereocenters. The molecule has 0 aliphatic carbocycles. The number of nitrogens with zero attached hydrogens (tertiary/aromatic N) is 2. The molecule has 0 spiro atoms. The van der Waals surface area contributed by atoms with Gasteiger partial charge in [0.05, 0.1) is 17.4 Å². The number of nitrogens with one attached hydrogen (secondary N) is 1.